The van der Waals surface area contributed by atoms with E-state index < -0.39 is 4.92 Å². The fourth-order valence-electron chi connectivity index (χ4n) is 2.84. The summed E-state index contributed by atoms with van der Waals surface area (Å²) >= 11 is 12.1. The Hall–Kier alpha value is -1.57. The average molecular weight is 373 g/mol. The van der Waals surface area contributed by atoms with Crippen LogP contribution in [0.15, 0.2) is 12.1 Å². The first-order chi connectivity index (χ1) is 11.4. The molecule has 1 saturated carbocycles. The molecule has 0 aromatic heterocycles. The van der Waals surface area contributed by atoms with Gasteiger partial charge in [-0.15, -0.1) is 0 Å². The zero-order chi connectivity index (χ0) is 17.3. The van der Waals surface area contributed by atoms with E-state index in [0.29, 0.717) is 44.5 Å². The van der Waals surface area contributed by atoms with E-state index in [0.717, 1.165) is 12.8 Å². The van der Waals surface area contributed by atoms with E-state index in [1.54, 1.807) is 0 Å². The van der Waals surface area contributed by atoms with Crippen molar-refractivity contribution < 1.29 is 9.72 Å². The van der Waals surface area contributed by atoms with Crippen LogP contribution < -0.4 is 10.2 Å². The molecule has 0 unspecified atom stereocenters. The van der Waals surface area contributed by atoms with Gasteiger partial charge in [0.25, 0.3) is 5.69 Å². The summed E-state index contributed by atoms with van der Waals surface area (Å²) in [4.78, 5) is 26.6. The third-order valence-electron chi connectivity index (χ3n) is 4.20. The second-order valence-electron chi connectivity index (χ2n) is 6.12. The van der Waals surface area contributed by atoms with Gasteiger partial charge >= 0.3 is 0 Å². The van der Waals surface area contributed by atoms with Gasteiger partial charge in [-0.2, -0.15) is 0 Å². The fourth-order valence-corrected chi connectivity index (χ4v) is 3.44. The van der Waals surface area contributed by atoms with Crippen LogP contribution in [0.1, 0.15) is 12.8 Å². The predicted octanol–water partition coefficient (Wildman–Crippen LogP) is 2.30. The number of nitrogens with one attached hydrogen (secondary N) is 1. The molecule has 1 N–H and O–H groups in total. The van der Waals surface area contributed by atoms with Gasteiger partial charge in [-0.05, 0) is 18.9 Å². The number of carbonyl (C=O) groups is 1. The maximum atomic E-state index is 11.9. The lowest BCUT2D eigenvalue weighted by Gasteiger charge is -2.35. The molecule has 9 heteroatoms. The standard InChI is InChI=1S/C15H18Cl2N4O3/c16-10-7-12(17)15(13(8-10)21(23)24)20-5-3-19(4-6-20)9-14(22)18-11-1-2-11/h7-8,11H,1-6,9H2,(H,18,22). The highest BCUT2D eigenvalue weighted by molar-refractivity contribution is 6.37. The maximum Gasteiger partial charge on any atom is 0.295 e. The molecule has 3 rings (SSSR count). The van der Waals surface area contributed by atoms with E-state index >= 15 is 0 Å². The molecule has 1 aromatic carbocycles. The molecule has 1 amide bonds. The molecular formula is C15H18Cl2N4O3. The second-order valence-corrected chi connectivity index (χ2v) is 6.96. The number of hydrogen-bond acceptors (Lipinski definition) is 5. The summed E-state index contributed by atoms with van der Waals surface area (Å²) in [6.45, 7) is 2.79. The fraction of sp³-hybridized carbons (Fsp3) is 0.533. The summed E-state index contributed by atoms with van der Waals surface area (Å²) in [7, 11) is 0. The van der Waals surface area contributed by atoms with Crippen molar-refractivity contribution >= 4 is 40.5 Å². The molecule has 7 nitrogen and oxygen atoms in total. The molecule has 0 radical (unpaired) electrons. The van der Waals surface area contributed by atoms with Gasteiger partial charge in [0.1, 0.15) is 5.69 Å². The van der Waals surface area contributed by atoms with Gasteiger partial charge in [-0.3, -0.25) is 19.8 Å². The minimum atomic E-state index is -0.470. The van der Waals surface area contributed by atoms with Crippen LogP contribution in [-0.4, -0.2) is 54.5 Å². The Kier molecular flexibility index (Phi) is 5.12. The third-order valence-corrected chi connectivity index (χ3v) is 4.71. The van der Waals surface area contributed by atoms with Gasteiger partial charge in [-0.1, -0.05) is 23.2 Å². The van der Waals surface area contributed by atoms with Crippen molar-refractivity contribution in [2.75, 3.05) is 37.6 Å². The number of benzene rings is 1. The highest BCUT2D eigenvalue weighted by atomic mass is 35.5. The van der Waals surface area contributed by atoms with Gasteiger partial charge in [0.2, 0.25) is 5.91 Å². The molecular weight excluding hydrogens is 355 g/mol. The summed E-state index contributed by atoms with van der Waals surface area (Å²) in [5, 5.41) is 14.8. The maximum absolute atomic E-state index is 11.9. The van der Waals surface area contributed by atoms with Gasteiger partial charge in [0.15, 0.2) is 0 Å². The van der Waals surface area contributed by atoms with E-state index in [1.807, 2.05) is 9.80 Å². The number of anilines is 1. The van der Waals surface area contributed by atoms with Crippen LogP contribution >= 0.6 is 23.2 Å². The van der Waals surface area contributed by atoms with E-state index in [9.17, 15) is 14.9 Å². The average Bonchev–Trinajstić information content (AvgIpc) is 3.31. The van der Waals surface area contributed by atoms with Crippen LogP contribution in [0.4, 0.5) is 11.4 Å². The number of nitro groups is 1. The summed E-state index contributed by atoms with van der Waals surface area (Å²) in [6.07, 6.45) is 2.14. The van der Waals surface area contributed by atoms with Crippen LogP contribution in [0.2, 0.25) is 10.0 Å². The molecule has 1 aliphatic heterocycles. The summed E-state index contributed by atoms with van der Waals surface area (Å²) in [5.74, 6) is 0.0430. The van der Waals surface area contributed by atoms with E-state index in [1.165, 1.54) is 12.1 Å². The van der Waals surface area contributed by atoms with E-state index in [-0.39, 0.29) is 21.6 Å². The number of carbonyl (C=O) groups excluding carboxylic acids is 1. The van der Waals surface area contributed by atoms with Crippen LogP contribution in [-0.2, 0) is 4.79 Å². The van der Waals surface area contributed by atoms with Crippen molar-refractivity contribution in [1.29, 1.82) is 0 Å². The van der Waals surface area contributed by atoms with Crippen LogP contribution in [0.5, 0.6) is 0 Å². The van der Waals surface area contributed by atoms with Crippen molar-refractivity contribution in [3.63, 3.8) is 0 Å². The lowest BCUT2D eigenvalue weighted by atomic mass is 10.2. The molecule has 0 bridgehead atoms. The van der Waals surface area contributed by atoms with Gasteiger partial charge in [-0.25, -0.2) is 0 Å². The Bertz CT molecular complexity index is 658. The highest BCUT2D eigenvalue weighted by Crippen LogP contribution is 2.38. The monoisotopic (exact) mass is 372 g/mol. The number of hydrogen-bond donors (Lipinski definition) is 1. The van der Waals surface area contributed by atoms with Crippen molar-refractivity contribution in [2.45, 2.75) is 18.9 Å². The number of rotatable bonds is 5. The molecule has 0 atom stereocenters. The first-order valence-electron chi connectivity index (χ1n) is 7.84. The Morgan fingerprint density at radius 1 is 1.25 bits per heavy atom. The lowest BCUT2D eigenvalue weighted by molar-refractivity contribution is -0.384. The number of nitro benzene ring substituents is 1. The first kappa shape index (κ1) is 17.3. The highest BCUT2D eigenvalue weighted by Gasteiger charge is 2.28. The topological polar surface area (TPSA) is 78.7 Å². The largest absolute Gasteiger partial charge is 0.362 e. The van der Waals surface area contributed by atoms with E-state index in [2.05, 4.69) is 5.32 Å². The number of piperazine rings is 1. The SMILES string of the molecule is O=C(CN1CCN(c2c(Cl)cc(Cl)cc2[N+](=O)[O-])CC1)NC1CC1. The first-order valence-corrected chi connectivity index (χ1v) is 8.59. The summed E-state index contributed by atoms with van der Waals surface area (Å²) in [5.41, 5.74) is 0.306. The van der Waals surface area contributed by atoms with Gasteiger partial charge in [0, 0.05) is 43.3 Å². The van der Waals surface area contributed by atoms with Crippen molar-refractivity contribution in [3.8, 4) is 0 Å². The van der Waals surface area contributed by atoms with Crippen molar-refractivity contribution in [1.82, 2.24) is 10.2 Å². The molecule has 2 aliphatic rings. The Morgan fingerprint density at radius 2 is 1.92 bits per heavy atom. The number of halogens is 2. The Balaban J connectivity index is 1.64. The van der Waals surface area contributed by atoms with Crippen LogP contribution in [0.3, 0.4) is 0 Å². The van der Waals surface area contributed by atoms with Gasteiger partial charge in [0.05, 0.1) is 16.5 Å². The second kappa shape index (κ2) is 7.13. The quantitative estimate of drug-likeness (QED) is 0.633. The van der Waals surface area contributed by atoms with Crippen LogP contribution in [0.25, 0.3) is 0 Å². The zero-order valence-electron chi connectivity index (χ0n) is 13.0. The molecule has 1 aromatic rings. The normalized spacial score (nSPS) is 18.5. The Labute approximate surface area is 149 Å². The predicted molar refractivity (Wildman–Crippen MR) is 92.9 cm³/mol. The summed E-state index contributed by atoms with van der Waals surface area (Å²) in [6, 6.07) is 3.19. The minimum Gasteiger partial charge on any atom is -0.362 e. The van der Waals surface area contributed by atoms with E-state index in [4.69, 9.17) is 23.2 Å². The molecule has 1 aliphatic carbocycles. The molecule has 1 heterocycles. The molecule has 0 spiro atoms. The van der Waals surface area contributed by atoms with Crippen LogP contribution in [0, 0.1) is 10.1 Å². The molecule has 24 heavy (non-hydrogen) atoms. The third kappa shape index (κ3) is 4.09. The van der Waals surface area contributed by atoms with Crippen molar-refractivity contribution in [2.24, 2.45) is 0 Å². The number of amides is 1. The van der Waals surface area contributed by atoms with Crippen molar-refractivity contribution in [3.05, 3.63) is 32.3 Å². The smallest absolute Gasteiger partial charge is 0.295 e. The number of nitrogens with zero attached hydrogens (tertiary/aromatic N) is 3. The Morgan fingerprint density at radius 3 is 2.50 bits per heavy atom. The molecule has 130 valence electrons. The minimum absolute atomic E-state index is 0.0430. The molecule has 2 fully saturated rings. The summed E-state index contributed by atoms with van der Waals surface area (Å²) < 4.78 is 0. The van der Waals surface area contributed by atoms with Gasteiger partial charge < -0.3 is 10.2 Å². The zero-order valence-corrected chi connectivity index (χ0v) is 14.5. The molecule has 1 saturated heterocycles. The lowest BCUT2D eigenvalue weighted by Crippen LogP contribution is -2.50.